The number of imidazole rings is 1. The van der Waals surface area contributed by atoms with Gasteiger partial charge >= 0.3 is 0 Å². The van der Waals surface area contributed by atoms with Gasteiger partial charge in [-0.05, 0) is 36.2 Å². The van der Waals surface area contributed by atoms with Gasteiger partial charge in [-0.1, -0.05) is 32.4 Å². The number of hydrogen-bond acceptors (Lipinski definition) is 4. The molecule has 1 aliphatic rings. The van der Waals surface area contributed by atoms with Gasteiger partial charge < -0.3 is 20.4 Å². The lowest BCUT2D eigenvalue weighted by Crippen LogP contribution is -2.33. The van der Waals surface area contributed by atoms with Gasteiger partial charge in [0.2, 0.25) is 0 Å². The number of rotatable bonds is 5. The summed E-state index contributed by atoms with van der Waals surface area (Å²) in [4.78, 5) is 32.4. The Kier molecular flexibility index (Phi) is 4.73. The van der Waals surface area contributed by atoms with E-state index < -0.39 is 0 Å². The van der Waals surface area contributed by atoms with Gasteiger partial charge in [-0.3, -0.25) is 9.59 Å². The van der Waals surface area contributed by atoms with Crippen LogP contribution in [0.2, 0.25) is 0 Å². The molecule has 2 amide bonds. The van der Waals surface area contributed by atoms with Crippen LogP contribution in [0.25, 0.3) is 11.0 Å². The number of anilines is 1. The average Bonchev–Trinajstić information content (AvgIpc) is 3.14. The summed E-state index contributed by atoms with van der Waals surface area (Å²) in [5, 5.41) is 5.82. The lowest BCUT2D eigenvalue weighted by atomic mass is 9.98. The molecule has 2 heterocycles. The number of ether oxygens (including phenoxy) is 1. The maximum atomic E-state index is 12.9. The van der Waals surface area contributed by atoms with Crippen LogP contribution in [0.5, 0.6) is 5.75 Å². The molecule has 0 bridgehead atoms. The van der Waals surface area contributed by atoms with E-state index in [4.69, 9.17) is 4.74 Å². The van der Waals surface area contributed by atoms with E-state index in [0.29, 0.717) is 17.0 Å². The maximum absolute atomic E-state index is 12.9. The zero-order valence-electron chi connectivity index (χ0n) is 15.8. The number of nitrogens with zero attached hydrogens (tertiary/aromatic N) is 1. The number of H-pyrrole nitrogens is 1. The minimum Gasteiger partial charge on any atom is -0.482 e. The van der Waals surface area contributed by atoms with Crippen molar-refractivity contribution in [3.8, 4) is 5.75 Å². The maximum Gasteiger partial charge on any atom is 0.262 e. The predicted molar refractivity (Wildman–Crippen MR) is 106 cm³/mol. The third kappa shape index (κ3) is 3.43. The van der Waals surface area contributed by atoms with Crippen molar-refractivity contribution >= 4 is 28.5 Å². The molecule has 0 saturated carbocycles. The summed E-state index contributed by atoms with van der Waals surface area (Å²) in [6.45, 7) is 4.15. The summed E-state index contributed by atoms with van der Waals surface area (Å²) in [6, 6.07) is 12.6. The average molecular weight is 378 g/mol. The molecule has 28 heavy (non-hydrogen) atoms. The number of aromatic nitrogens is 2. The van der Waals surface area contributed by atoms with Crippen LogP contribution in [0.3, 0.4) is 0 Å². The van der Waals surface area contributed by atoms with Crippen LogP contribution in [-0.4, -0.2) is 28.4 Å². The van der Waals surface area contributed by atoms with E-state index in [1.165, 1.54) is 0 Å². The second-order valence-corrected chi connectivity index (χ2v) is 7.02. The molecule has 3 aromatic rings. The summed E-state index contributed by atoms with van der Waals surface area (Å²) >= 11 is 0. The number of amides is 2. The van der Waals surface area contributed by atoms with Crippen LogP contribution in [0.4, 0.5) is 5.69 Å². The van der Waals surface area contributed by atoms with Crippen molar-refractivity contribution in [2.75, 3.05) is 11.9 Å². The van der Waals surface area contributed by atoms with E-state index in [1.54, 1.807) is 18.2 Å². The van der Waals surface area contributed by atoms with Crippen molar-refractivity contribution in [2.24, 2.45) is 5.92 Å². The van der Waals surface area contributed by atoms with Crippen molar-refractivity contribution < 1.29 is 14.3 Å². The third-order valence-electron chi connectivity index (χ3n) is 5.08. The molecule has 144 valence electrons. The first kappa shape index (κ1) is 18.0. The molecule has 0 saturated heterocycles. The minimum atomic E-state index is -0.258. The van der Waals surface area contributed by atoms with Crippen molar-refractivity contribution in [3.05, 3.63) is 53.9 Å². The van der Waals surface area contributed by atoms with E-state index >= 15 is 0 Å². The van der Waals surface area contributed by atoms with Crippen molar-refractivity contribution in [3.63, 3.8) is 0 Å². The first-order valence-electron chi connectivity index (χ1n) is 9.37. The van der Waals surface area contributed by atoms with E-state index in [2.05, 4.69) is 34.4 Å². The minimum absolute atomic E-state index is 0.0132. The number of benzene rings is 2. The van der Waals surface area contributed by atoms with Crippen LogP contribution in [0.15, 0.2) is 42.5 Å². The van der Waals surface area contributed by atoms with Gasteiger partial charge in [0.25, 0.3) is 11.8 Å². The fourth-order valence-electron chi connectivity index (χ4n) is 3.28. The fraction of sp³-hybridized carbons (Fsp3) is 0.286. The summed E-state index contributed by atoms with van der Waals surface area (Å²) in [6.07, 6.45) is 0.885. The molecule has 0 aliphatic carbocycles. The Morgan fingerprint density at radius 2 is 2.11 bits per heavy atom. The van der Waals surface area contributed by atoms with E-state index in [0.717, 1.165) is 23.3 Å². The zero-order chi connectivity index (χ0) is 19.7. The largest absolute Gasteiger partial charge is 0.482 e. The monoisotopic (exact) mass is 378 g/mol. The topological polar surface area (TPSA) is 96.1 Å². The second-order valence-electron chi connectivity index (χ2n) is 7.02. The highest BCUT2D eigenvalue weighted by atomic mass is 16.5. The number of para-hydroxylation sites is 2. The van der Waals surface area contributed by atoms with Crippen LogP contribution in [-0.2, 0) is 4.79 Å². The van der Waals surface area contributed by atoms with Crippen LogP contribution in [0, 0.1) is 5.92 Å². The molecule has 2 atom stereocenters. The van der Waals surface area contributed by atoms with E-state index in [-0.39, 0.29) is 30.4 Å². The smallest absolute Gasteiger partial charge is 0.262 e. The molecule has 0 spiro atoms. The molecular formula is C21H22N4O3. The molecule has 0 unspecified atom stereocenters. The number of carbonyl (C=O) groups is 2. The lowest BCUT2D eigenvalue weighted by molar-refractivity contribution is -0.118. The molecule has 1 aliphatic heterocycles. The predicted octanol–water partition coefficient (Wildman–Crippen LogP) is 3.41. The Labute approximate surface area is 162 Å². The fourth-order valence-corrected chi connectivity index (χ4v) is 3.28. The van der Waals surface area contributed by atoms with Crippen molar-refractivity contribution in [1.82, 2.24) is 15.3 Å². The Bertz CT molecular complexity index is 1010. The number of hydrogen-bond donors (Lipinski definition) is 3. The summed E-state index contributed by atoms with van der Waals surface area (Å²) in [7, 11) is 0. The normalized spacial score (nSPS) is 15.3. The standard InChI is InChI=1S/C21H22N4O3/c1-3-12(2)19(20-23-14-6-4-5-7-15(14)24-20)25-21(27)13-8-9-17-16(10-13)22-18(26)11-28-17/h4-10,12,19H,3,11H2,1-2H3,(H,22,26)(H,23,24)(H,25,27)/t12-,19+/m1/s1. The van der Waals surface area contributed by atoms with Crippen molar-refractivity contribution in [1.29, 1.82) is 0 Å². The highest BCUT2D eigenvalue weighted by Gasteiger charge is 2.25. The van der Waals surface area contributed by atoms with E-state index in [1.807, 2.05) is 24.3 Å². The summed E-state index contributed by atoms with van der Waals surface area (Å²) in [5.74, 6) is 1.02. The summed E-state index contributed by atoms with van der Waals surface area (Å²) in [5.41, 5.74) is 2.77. The van der Waals surface area contributed by atoms with E-state index in [9.17, 15) is 9.59 Å². The number of carbonyl (C=O) groups excluding carboxylic acids is 2. The van der Waals surface area contributed by atoms with Gasteiger partial charge in [0.15, 0.2) is 6.61 Å². The first-order valence-corrected chi connectivity index (χ1v) is 9.37. The Hall–Kier alpha value is -3.35. The molecule has 1 aromatic heterocycles. The highest BCUT2D eigenvalue weighted by Crippen LogP contribution is 2.29. The SMILES string of the molecule is CC[C@@H](C)[C@H](NC(=O)c1ccc2c(c1)NC(=O)CO2)c1nc2ccccc2[nH]1. The Morgan fingerprint density at radius 3 is 2.89 bits per heavy atom. The summed E-state index contributed by atoms with van der Waals surface area (Å²) < 4.78 is 5.35. The second kappa shape index (κ2) is 7.34. The molecule has 7 nitrogen and oxygen atoms in total. The van der Waals surface area contributed by atoms with Crippen LogP contribution >= 0.6 is 0 Å². The lowest BCUT2D eigenvalue weighted by Gasteiger charge is -2.23. The molecular weight excluding hydrogens is 356 g/mol. The van der Waals surface area contributed by atoms with Gasteiger partial charge in [-0.15, -0.1) is 0 Å². The van der Waals surface area contributed by atoms with Crippen LogP contribution < -0.4 is 15.4 Å². The first-order chi connectivity index (χ1) is 13.5. The zero-order valence-corrected chi connectivity index (χ0v) is 15.8. The van der Waals surface area contributed by atoms with Crippen LogP contribution in [0.1, 0.15) is 42.5 Å². The number of aromatic amines is 1. The van der Waals surface area contributed by atoms with Gasteiger partial charge in [0.1, 0.15) is 11.6 Å². The molecule has 2 aromatic carbocycles. The van der Waals surface area contributed by atoms with Crippen molar-refractivity contribution in [2.45, 2.75) is 26.3 Å². The van der Waals surface area contributed by atoms with Gasteiger partial charge in [-0.2, -0.15) is 0 Å². The molecule has 0 radical (unpaired) electrons. The number of fused-ring (bicyclic) bond motifs is 2. The Morgan fingerprint density at radius 1 is 1.29 bits per heavy atom. The van der Waals surface area contributed by atoms with Gasteiger partial charge in [-0.25, -0.2) is 4.98 Å². The molecule has 7 heteroatoms. The quantitative estimate of drug-likeness (QED) is 0.634. The molecule has 4 rings (SSSR count). The van der Waals surface area contributed by atoms with Gasteiger partial charge in [0, 0.05) is 5.56 Å². The molecule has 3 N–H and O–H groups in total. The third-order valence-corrected chi connectivity index (χ3v) is 5.08. The molecule has 0 fully saturated rings. The van der Waals surface area contributed by atoms with Gasteiger partial charge in [0.05, 0.1) is 22.8 Å². The number of nitrogens with one attached hydrogen (secondary N) is 3. The highest BCUT2D eigenvalue weighted by molar-refractivity contribution is 6.00. The Balaban J connectivity index is 1.61.